The van der Waals surface area contributed by atoms with E-state index < -0.39 is 30.1 Å². The Labute approximate surface area is 109 Å². The number of carbonyl (C=O) groups is 2. The first-order chi connectivity index (χ1) is 8.92. The van der Waals surface area contributed by atoms with Gasteiger partial charge >= 0.3 is 11.9 Å². The summed E-state index contributed by atoms with van der Waals surface area (Å²) in [5, 5.41) is 0. The maximum absolute atomic E-state index is 11.3. The summed E-state index contributed by atoms with van der Waals surface area (Å²) in [4.78, 5) is 48.8. The molecule has 8 nitrogen and oxygen atoms in total. The Hall–Kier alpha value is -2.30. The largest absolute Gasteiger partial charge is 0.460 e. The van der Waals surface area contributed by atoms with E-state index in [9.17, 15) is 19.2 Å². The number of nitrogens with zero attached hydrogens (tertiary/aromatic N) is 2. The van der Waals surface area contributed by atoms with Crippen LogP contribution in [0, 0.1) is 0 Å². The van der Waals surface area contributed by atoms with Gasteiger partial charge in [-0.1, -0.05) is 0 Å². The van der Waals surface area contributed by atoms with Gasteiger partial charge in [-0.05, 0) is 20.8 Å². The Morgan fingerprint density at radius 2 is 1.47 bits per heavy atom. The second-order valence-electron chi connectivity index (χ2n) is 3.67. The van der Waals surface area contributed by atoms with E-state index in [0.717, 1.165) is 0 Å². The van der Waals surface area contributed by atoms with Gasteiger partial charge in [0.2, 0.25) is 12.2 Å². The molecule has 0 heterocycles. The lowest BCUT2D eigenvalue weighted by Crippen LogP contribution is -2.29. The Morgan fingerprint density at radius 3 is 1.95 bits per heavy atom. The molecule has 3 atom stereocenters. The third-order valence-corrected chi connectivity index (χ3v) is 1.95. The summed E-state index contributed by atoms with van der Waals surface area (Å²) >= 11 is 0. The van der Waals surface area contributed by atoms with Gasteiger partial charge in [0.05, 0.1) is 0 Å². The molecule has 19 heavy (non-hydrogen) atoms. The average Bonchev–Trinajstić information content (AvgIpc) is 2.36. The van der Waals surface area contributed by atoms with Crippen LogP contribution in [-0.2, 0) is 28.7 Å². The predicted molar refractivity (Wildman–Crippen MR) is 61.7 cm³/mol. The van der Waals surface area contributed by atoms with Gasteiger partial charge in [0, 0.05) is 0 Å². The fourth-order valence-corrected chi connectivity index (χ4v) is 0.914. The number of rotatable bonds is 7. The highest BCUT2D eigenvalue weighted by molar-refractivity contribution is 5.77. The summed E-state index contributed by atoms with van der Waals surface area (Å²) in [7, 11) is 0. The average molecular weight is 270 g/mol. The Kier molecular flexibility index (Phi) is 7.68. The molecule has 0 aliphatic carbocycles. The van der Waals surface area contributed by atoms with Crippen LogP contribution in [0.1, 0.15) is 20.8 Å². The molecule has 0 N–H and O–H groups in total. The first-order valence-electron chi connectivity index (χ1n) is 5.43. The summed E-state index contributed by atoms with van der Waals surface area (Å²) in [6.07, 6.45) is 1.76. The van der Waals surface area contributed by atoms with E-state index >= 15 is 0 Å². The number of hydrogen-bond acceptors (Lipinski definition) is 8. The van der Waals surface area contributed by atoms with Crippen molar-refractivity contribution < 1.29 is 28.7 Å². The maximum Gasteiger partial charge on any atom is 0.331 e. The van der Waals surface area contributed by atoms with E-state index in [4.69, 9.17) is 9.47 Å². The molecule has 0 saturated carbocycles. The van der Waals surface area contributed by atoms with Gasteiger partial charge in [-0.2, -0.15) is 9.98 Å². The molecule has 0 aromatic carbocycles. The van der Waals surface area contributed by atoms with Gasteiger partial charge in [-0.25, -0.2) is 19.2 Å². The standard InChI is InChI=1S/C11H14N2O6/c1-7(19-11(17)9(3)13-6-15)4-18-10(16)8(2)12-5-14/h7-9H,4H2,1-3H3. The fourth-order valence-electron chi connectivity index (χ4n) is 0.914. The lowest BCUT2D eigenvalue weighted by Gasteiger charge is -2.15. The molecule has 0 radical (unpaired) electrons. The van der Waals surface area contributed by atoms with Gasteiger partial charge in [0.1, 0.15) is 12.7 Å². The molecular weight excluding hydrogens is 256 g/mol. The van der Waals surface area contributed by atoms with Crippen LogP contribution in [0.3, 0.4) is 0 Å². The summed E-state index contributed by atoms with van der Waals surface area (Å²) in [6.45, 7) is 4.04. The van der Waals surface area contributed by atoms with Crippen molar-refractivity contribution in [3.05, 3.63) is 0 Å². The lowest BCUT2D eigenvalue weighted by atomic mass is 10.3. The van der Waals surface area contributed by atoms with Crippen LogP contribution < -0.4 is 0 Å². The van der Waals surface area contributed by atoms with Gasteiger partial charge in [0.15, 0.2) is 12.1 Å². The van der Waals surface area contributed by atoms with E-state index in [1.54, 1.807) is 0 Å². The zero-order chi connectivity index (χ0) is 14.8. The Morgan fingerprint density at radius 1 is 1.00 bits per heavy atom. The minimum absolute atomic E-state index is 0.194. The van der Waals surface area contributed by atoms with Crippen LogP contribution in [-0.4, -0.2) is 48.9 Å². The minimum Gasteiger partial charge on any atom is -0.460 e. The van der Waals surface area contributed by atoms with Gasteiger partial charge in [-0.15, -0.1) is 0 Å². The van der Waals surface area contributed by atoms with Crippen molar-refractivity contribution in [3.8, 4) is 0 Å². The van der Waals surface area contributed by atoms with Crippen molar-refractivity contribution in [3.63, 3.8) is 0 Å². The van der Waals surface area contributed by atoms with Crippen LogP contribution >= 0.6 is 0 Å². The number of aliphatic imine (C=N–C) groups is 2. The number of ether oxygens (including phenoxy) is 2. The summed E-state index contributed by atoms with van der Waals surface area (Å²) in [5.74, 6) is -1.46. The van der Waals surface area contributed by atoms with Crippen LogP contribution in [0.5, 0.6) is 0 Å². The van der Waals surface area contributed by atoms with Crippen LogP contribution in [0.25, 0.3) is 0 Å². The molecule has 0 aliphatic heterocycles. The van der Waals surface area contributed by atoms with Crippen molar-refractivity contribution in [1.29, 1.82) is 0 Å². The number of esters is 2. The Bertz CT molecular complexity index is 423. The second-order valence-corrected chi connectivity index (χ2v) is 3.67. The number of carbonyl (C=O) groups excluding carboxylic acids is 4. The highest BCUT2D eigenvalue weighted by atomic mass is 16.6. The summed E-state index contributed by atoms with van der Waals surface area (Å²) < 4.78 is 9.62. The molecule has 0 fully saturated rings. The van der Waals surface area contributed by atoms with Crippen LogP contribution in [0.2, 0.25) is 0 Å². The Balaban J connectivity index is 4.15. The van der Waals surface area contributed by atoms with E-state index in [0.29, 0.717) is 0 Å². The highest BCUT2D eigenvalue weighted by Gasteiger charge is 2.19. The molecule has 0 spiro atoms. The van der Waals surface area contributed by atoms with Gasteiger partial charge in [0.25, 0.3) is 0 Å². The zero-order valence-corrected chi connectivity index (χ0v) is 10.8. The van der Waals surface area contributed by atoms with Crippen molar-refractivity contribution in [1.82, 2.24) is 0 Å². The SMILES string of the molecule is CC(COC(=O)C(C)N=C=O)OC(=O)C(C)N=C=O. The molecule has 0 aliphatic rings. The molecule has 0 saturated heterocycles. The monoisotopic (exact) mass is 270 g/mol. The molecule has 0 aromatic rings. The number of hydrogen-bond donors (Lipinski definition) is 0. The van der Waals surface area contributed by atoms with Gasteiger partial charge in [-0.3, -0.25) is 0 Å². The lowest BCUT2D eigenvalue weighted by molar-refractivity contribution is -0.159. The van der Waals surface area contributed by atoms with E-state index in [2.05, 4.69) is 9.98 Å². The van der Waals surface area contributed by atoms with Crippen molar-refractivity contribution in [2.75, 3.05) is 6.61 Å². The third kappa shape index (κ3) is 6.88. The maximum atomic E-state index is 11.3. The van der Waals surface area contributed by atoms with Crippen molar-refractivity contribution in [2.24, 2.45) is 9.98 Å². The smallest absolute Gasteiger partial charge is 0.331 e. The van der Waals surface area contributed by atoms with Crippen LogP contribution in [0.15, 0.2) is 9.98 Å². The minimum atomic E-state index is -0.964. The summed E-state index contributed by atoms with van der Waals surface area (Å²) in [6, 6.07) is -1.92. The van der Waals surface area contributed by atoms with Gasteiger partial charge < -0.3 is 9.47 Å². The van der Waals surface area contributed by atoms with E-state index in [1.165, 1.54) is 32.9 Å². The van der Waals surface area contributed by atoms with E-state index in [-0.39, 0.29) is 6.61 Å². The molecule has 0 bridgehead atoms. The molecule has 0 rings (SSSR count). The normalized spacial score (nSPS) is 14.1. The molecule has 8 heteroatoms. The topological polar surface area (TPSA) is 111 Å². The molecular formula is C11H14N2O6. The van der Waals surface area contributed by atoms with Crippen molar-refractivity contribution >= 4 is 24.1 Å². The highest BCUT2D eigenvalue weighted by Crippen LogP contribution is 2.01. The number of isocyanates is 2. The molecule has 0 aromatic heterocycles. The fraction of sp³-hybridized carbons (Fsp3) is 0.636. The first kappa shape index (κ1) is 16.7. The molecule has 104 valence electrons. The predicted octanol–water partition coefficient (Wildman–Crippen LogP) is -0.0901. The molecule has 0 amide bonds. The first-order valence-corrected chi connectivity index (χ1v) is 5.43. The van der Waals surface area contributed by atoms with Crippen molar-refractivity contribution in [2.45, 2.75) is 39.0 Å². The van der Waals surface area contributed by atoms with E-state index in [1.807, 2.05) is 0 Å². The molecule has 3 unspecified atom stereocenters. The zero-order valence-electron chi connectivity index (χ0n) is 10.8. The second kappa shape index (κ2) is 8.74. The quantitative estimate of drug-likeness (QED) is 0.363. The van der Waals surface area contributed by atoms with Crippen LogP contribution in [0.4, 0.5) is 0 Å². The third-order valence-electron chi connectivity index (χ3n) is 1.95. The summed E-state index contributed by atoms with van der Waals surface area (Å²) in [5.41, 5.74) is 0.